The van der Waals surface area contributed by atoms with Crippen molar-refractivity contribution in [2.75, 3.05) is 0 Å². The molecule has 0 aliphatic heterocycles. The SMILES string of the molecule is CC(C)=CCC/C=C/CC/C(C)=C/CCC=C(C)CC/C=C(/C)CCC=C(C)C. The van der Waals surface area contributed by atoms with Crippen molar-refractivity contribution < 1.29 is 0 Å². The minimum absolute atomic E-state index is 1.17. The van der Waals surface area contributed by atoms with Crippen LogP contribution in [-0.4, -0.2) is 0 Å². The molecular formula is C29H48. The minimum atomic E-state index is 1.17. The molecule has 0 aliphatic carbocycles. The van der Waals surface area contributed by atoms with Crippen LogP contribution in [0.4, 0.5) is 0 Å². The van der Waals surface area contributed by atoms with Gasteiger partial charge >= 0.3 is 0 Å². The smallest absolute Gasteiger partial charge is 0.0288 e. The van der Waals surface area contributed by atoms with Crippen LogP contribution < -0.4 is 0 Å². The Balaban J connectivity index is 3.93. The fraction of sp³-hybridized carbons (Fsp3) is 0.586. The van der Waals surface area contributed by atoms with Gasteiger partial charge in [0.05, 0.1) is 0 Å². The molecule has 0 aromatic heterocycles. The highest BCUT2D eigenvalue weighted by Gasteiger charge is 1.93. The highest BCUT2D eigenvalue weighted by atomic mass is 14.0. The van der Waals surface area contributed by atoms with Crippen LogP contribution in [0, 0.1) is 0 Å². The van der Waals surface area contributed by atoms with Crippen LogP contribution in [0.5, 0.6) is 0 Å². The molecule has 29 heavy (non-hydrogen) atoms. The molecule has 0 saturated heterocycles. The molecule has 0 radical (unpaired) electrons. The average Bonchev–Trinajstić information content (AvgIpc) is 2.64. The maximum absolute atomic E-state index is 2.43. The van der Waals surface area contributed by atoms with E-state index >= 15 is 0 Å². The molecule has 0 aromatic rings. The third-order valence-electron chi connectivity index (χ3n) is 5.03. The summed E-state index contributed by atoms with van der Waals surface area (Å²) in [6, 6.07) is 0. The highest BCUT2D eigenvalue weighted by molar-refractivity contribution is 5.06. The Labute approximate surface area is 183 Å². The number of allylic oxidation sites excluding steroid dienone is 12. The lowest BCUT2D eigenvalue weighted by Gasteiger charge is -2.02. The van der Waals surface area contributed by atoms with Gasteiger partial charge in [-0.05, 0) is 113 Å². The van der Waals surface area contributed by atoms with E-state index in [1.54, 1.807) is 0 Å². The van der Waals surface area contributed by atoms with Crippen molar-refractivity contribution in [2.45, 2.75) is 113 Å². The van der Waals surface area contributed by atoms with Gasteiger partial charge in [-0.3, -0.25) is 0 Å². The molecule has 0 aromatic carbocycles. The summed E-state index contributed by atoms with van der Waals surface area (Å²) in [5, 5.41) is 0. The van der Waals surface area contributed by atoms with Gasteiger partial charge in [0.2, 0.25) is 0 Å². The van der Waals surface area contributed by atoms with Crippen molar-refractivity contribution in [3.05, 3.63) is 70.4 Å². The van der Waals surface area contributed by atoms with Gasteiger partial charge in [-0.2, -0.15) is 0 Å². The summed E-state index contributed by atoms with van der Waals surface area (Å²) in [4.78, 5) is 0. The Morgan fingerprint density at radius 3 is 1.24 bits per heavy atom. The number of hydrogen-bond donors (Lipinski definition) is 0. The van der Waals surface area contributed by atoms with E-state index in [1.807, 2.05) is 0 Å². The zero-order valence-electron chi connectivity index (χ0n) is 20.6. The third kappa shape index (κ3) is 21.0. The molecule has 0 rings (SSSR count). The topological polar surface area (TPSA) is 0 Å². The van der Waals surface area contributed by atoms with Crippen LogP contribution in [0.25, 0.3) is 0 Å². The Kier molecular flexibility index (Phi) is 17.5. The summed E-state index contributed by atoms with van der Waals surface area (Å²) < 4.78 is 0. The Morgan fingerprint density at radius 2 is 0.724 bits per heavy atom. The third-order valence-corrected chi connectivity index (χ3v) is 5.03. The van der Waals surface area contributed by atoms with E-state index in [1.165, 1.54) is 92.1 Å². The standard InChI is InChI=1S/C29H48/c1-25(2)17-11-9-8-10-12-19-27(5)20-13-14-21-28(6)23-16-24-29(7)22-15-18-26(3)4/h8,10,17-18,20-21,24H,9,11-16,19,22-23H2,1-7H3/b10-8+,27-20+,28-21?,29-24-. The van der Waals surface area contributed by atoms with Gasteiger partial charge in [0, 0.05) is 0 Å². The van der Waals surface area contributed by atoms with Crippen LogP contribution in [-0.2, 0) is 0 Å². The molecule has 0 heteroatoms. The first kappa shape index (κ1) is 27.4. The predicted octanol–water partition coefficient (Wildman–Crippen LogP) is 10.2. The number of rotatable bonds is 15. The van der Waals surface area contributed by atoms with Crippen LogP contribution in [0.2, 0.25) is 0 Å². The van der Waals surface area contributed by atoms with Gasteiger partial charge in [0.1, 0.15) is 0 Å². The molecule has 0 aliphatic rings. The van der Waals surface area contributed by atoms with Crippen LogP contribution in [0.3, 0.4) is 0 Å². The van der Waals surface area contributed by atoms with Crippen molar-refractivity contribution in [2.24, 2.45) is 0 Å². The summed E-state index contributed by atoms with van der Waals surface area (Å²) in [6.07, 6.45) is 28.4. The van der Waals surface area contributed by atoms with Gasteiger partial charge < -0.3 is 0 Å². The Hall–Kier alpha value is -1.56. The first-order valence-electron chi connectivity index (χ1n) is 11.7. The van der Waals surface area contributed by atoms with Gasteiger partial charge in [-0.25, -0.2) is 0 Å². The Bertz CT molecular complexity index is 594. The van der Waals surface area contributed by atoms with Crippen molar-refractivity contribution in [1.29, 1.82) is 0 Å². The minimum Gasteiger partial charge on any atom is -0.0882 e. The summed E-state index contributed by atoms with van der Waals surface area (Å²) in [7, 11) is 0. The van der Waals surface area contributed by atoms with Crippen molar-refractivity contribution in [3.63, 3.8) is 0 Å². The molecule has 0 N–H and O–H groups in total. The lowest BCUT2D eigenvalue weighted by atomic mass is 10.0. The zero-order valence-corrected chi connectivity index (χ0v) is 20.6. The van der Waals surface area contributed by atoms with Gasteiger partial charge in [-0.1, -0.05) is 70.4 Å². The van der Waals surface area contributed by atoms with E-state index in [-0.39, 0.29) is 0 Å². The first-order chi connectivity index (χ1) is 13.8. The van der Waals surface area contributed by atoms with E-state index in [0.29, 0.717) is 0 Å². The van der Waals surface area contributed by atoms with Gasteiger partial charge in [0.15, 0.2) is 0 Å². The van der Waals surface area contributed by atoms with Gasteiger partial charge in [-0.15, -0.1) is 0 Å². The maximum Gasteiger partial charge on any atom is -0.0288 e. The van der Waals surface area contributed by atoms with Crippen LogP contribution in [0.15, 0.2) is 70.4 Å². The monoisotopic (exact) mass is 396 g/mol. The average molecular weight is 397 g/mol. The molecule has 0 unspecified atom stereocenters. The molecular weight excluding hydrogens is 348 g/mol. The summed E-state index contributed by atoms with van der Waals surface area (Å²) in [6.45, 7) is 15.5. The molecule has 0 amide bonds. The molecule has 164 valence electrons. The van der Waals surface area contributed by atoms with Crippen LogP contribution in [0.1, 0.15) is 113 Å². The number of unbranched alkanes of at least 4 members (excludes halogenated alkanes) is 2. The van der Waals surface area contributed by atoms with Gasteiger partial charge in [0.25, 0.3) is 0 Å². The normalized spacial score (nSPS) is 13.1. The second-order valence-corrected chi connectivity index (χ2v) is 8.96. The quantitative estimate of drug-likeness (QED) is 0.191. The molecule has 0 heterocycles. The highest BCUT2D eigenvalue weighted by Crippen LogP contribution is 2.13. The molecule has 0 saturated carbocycles. The van der Waals surface area contributed by atoms with E-state index in [4.69, 9.17) is 0 Å². The van der Waals surface area contributed by atoms with Crippen molar-refractivity contribution in [1.82, 2.24) is 0 Å². The largest absolute Gasteiger partial charge is 0.0882 e. The summed E-state index contributed by atoms with van der Waals surface area (Å²) in [5.74, 6) is 0. The lowest BCUT2D eigenvalue weighted by molar-refractivity contribution is 0.901. The Morgan fingerprint density at radius 1 is 0.379 bits per heavy atom. The fourth-order valence-corrected chi connectivity index (χ4v) is 3.12. The molecule has 0 atom stereocenters. The predicted molar refractivity (Wildman–Crippen MR) is 135 cm³/mol. The van der Waals surface area contributed by atoms with E-state index in [9.17, 15) is 0 Å². The fourth-order valence-electron chi connectivity index (χ4n) is 3.12. The maximum atomic E-state index is 2.43. The second kappa shape index (κ2) is 18.5. The molecule has 0 spiro atoms. The van der Waals surface area contributed by atoms with E-state index < -0.39 is 0 Å². The summed E-state index contributed by atoms with van der Waals surface area (Å²) in [5.41, 5.74) is 7.43. The van der Waals surface area contributed by atoms with Crippen LogP contribution >= 0.6 is 0 Å². The summed E-state index contributed by atoms with van der Waals surface area (Å²) >= 11 is 0. The lowest BCUT2D eigenvalue weighted by Crippen LogP contribution is -1.81. The second-order valence-electron chi connectivity index (χ2n) is 8.96. The van der Waals surface area contributed by atoms with Crippen molar-refractivity contribution >= 4 is 0 Å². The van der Waals surface area contributed by atoms with E-state index in [0.717, 1.165) is 0 Å². The molecule has 0 nitrogen and oxygen atoms in total. The van der Waals surface area contributed by atoms with Crippen molar-refractivity contribution in [3.8, 4) is 0 Å². The number of hydrogen-bond acceptors (Lipinski definition) is 0. The molecule has 0 bridgehead atoms. The van der Waals surface area contributed by atoms with E-state index in [2.05, 4.69) is 91.0 Å². The zero-order chi connectivity index (χ0) is 21.9. The molecule has 0 fully saturated rings. The first-order valence-corrected chi connectivity index (χ1v) is 11.7.